The molecule has 4 saturated carbocycles. The van der Waals surface area contributed by atoms with Gasteiger partial charge in [-0.05, 0) is 104 Å². The first kappa shape index (κ1) is 22.5. The van der Waals surface area contributed by atoms with E-state index in [2.05, 4.69) is 26.1 Å². The average molecular weight is 468 g/mol. The summed E-state index contributed by atoms with van der Waals surface area (Å²) in [5.74, 6) is 2.48. The number of rotatable bonds is 5. The summed E-state index contributed by atoms with van der Waals surface area (Å²) in [5, 5.41) is 3.10. The number of amides is 1. The van der Waals surface area contributed by atoms with E-state index in [0.29, 0.717) is 23.4 Å². The van der Waals surface area contributed by atoms with Crippen LogP contribution in [-0.4, -0.2) is 14.3 Å². The van der Waals surface area contributed by atoms with Crippen LogP contribution in [0.3, 0.4) is 0 Å². The second kappa shape index (κ2) is 7.86. The molecule has 0 spiro atoms. The van der Waals surface area contributed by atoms with Crippen LogP contribution in [0.4, 0.5) is 5.69 Å². The van der Waals surface area contributed by atoms with Crippen molar-refractivity contribution in [3.8, 4) is 5.75 Å². The molecule has 0 saturated heterocycles. The summed E-state index contributed by atoms with van der Waals surface area (Å²) in [5.41, 5.74) is 1.46. The summed E-state index contributed by atoms with van der Waals surface area (Å²) in [6.07, 6.45) is 6.93. The van der Waals surface area contributed by atoms with Crippen molar-refractivity contribution in [1.82, 2.24) is 0 Å². The SMILES string of the molecule is CC(C)(C)c1ccc(S(=O)(=O)Oc2ccc(NC(=O)C34CC5CC(CC(C5)C3)C4)cc2)cc1. The molecule has 0 radical (unpaired) electrons. The third-order valence-electron chi connectivity index (χ3n) is 7.85. The van der Waals surface area contributed by atoms with Crippen LogP contribution in [0.2, 0.25) is 0 Å². The highest BCUT2D eigenvalue weighted by atomic mass is 32.2. The zero-order chi connectivity index (χ0) is 23.4. The highest BCUT2D eigenvalue weighted by Gasteiger charge is 2.54. The largest absolute Gasteiger partial charge is 0.379 e. The van der Waals surface area contributed by atoms with Crippen molar-refractivity contribution < 1.29 is 17.4 Å². The molecule has 0 heterocycles. The Balaban J connectivity index is 1.25. The van der Waals surface area contributed by atoms with E-state index in [-0.39, 0.29) is 27.4 Å². The van der Waals surface area contributed by atoms with Gasteiger partial charge in [-0.15, -0.1) is 0 Å². The van der Waals surface area contributed by atoms with Crippen molar-refractivity contribution in [3.63, 3.8) is 0 Å². The lowest BCUT2D eigenvalue weighted by Crippen LogP contribution is -2.51. The van der Waals surface area contributed by atoms with Gasteiger partial charge in [0.1, 0.15) is 10.6 Å². The predicted octanol–water partition coefficient (Wildman–Crippen LogP) is 5.91. The summed E-state index contributed by atoms with van der Waals surface area (Å²) in [6.45, 7) is 6.24. The van der Waals surface area contributed by atoms with Gasteiger partial charge in [-0.3, -0.25) is 4.79 Å². The standard InChI is InChI=1S/C27H33NO4S/c1-26(2,3)21-4-10-24(11-5-21)33(30,31)32-23-8-6-22(7-9-23)28-25(29)27-15-18-12-19(16-27)14-20(13-18)17-27/h4-11,18-20H,12-17H2,1-3H3,(H,28,29). The Kier molecular flexibility index (Phi) is 5.35. The fraction of sp³-hybridized carbons (Fsp3) is 0.519. The van der Waals surface area contributed by atoms with Crippen LogP contribution in [0.15, 0.2) is 53.4 Å². The number of hydrogen-bond acceptors (Lipinski definition) is 4. The molecule has 0 aliphatic heterocycles. The summed E-state index contributed by atoms with van der Waals surface area (Å²) >= 11 is 0. The zero-order valence-corrected chi connectivity index (χ0v) is 20.5. The van der Waals surface area contributed by atoms with Crippen molar-refractivity contribution in [3.05, 3.63) is 54.1 Å². The molecule has 5 nitrogen and oxygen atoms in total. The lowest BCUT2D eigenvalue weighted by Gasteiger charge is -2.55. The van der Waals surface area contributed by atoms with Gasteiger partial charge in [-0.25, -0.2) is 0 Å². The van der Waals surface area contributed by atoms with E-state index in [0.717, 1.165) is 24.8 Å². The van der Waals surface area contributed by atoms with E-state index >= 15 is 0 Å². The molecular weight excluding hydrogens is 434 g/mol. The zero-order valence-electron chi connectivity index (χ0n) is 19.6. The quantitative estimate of drug-likeness (QED) is 0.555. The van der Waals surface area contributed by atoms with Crippen LogP contribution in [0, 0.1) is 23.2 Å². The van der Waals surface area contributed by atoms with Crippen LogP contribution in [0.1, 0.15) is 64.9 Å². The van der Waals surface area contributed by atoms with E-state index in [1.54, 1.807) is 36.4 Å². The molecule has 4 aliphatic rings. The van der Waals surface area contributed by atoms with Crippen LogP contribution < -0.4 is 9.50 Å². The van der Waals surface area contributed by atoms with Crippen LogP contribution in [0.5, 0.6) is 5.75 Å². The lowest BCUT2D eigenvalue weighted by molar-refractivity contribution is -0.140. The summed E-state index contributed by atoms with van der Waals surface area (Å²) in [4.78, 5) is 13.3. The Hall–Kier alpha value is -2.34. The molecule has 1 N–H and O–H groups in total. The van der Waals surface area contributed by atoms with E-state index in [4.69, 9.17) is 4.18 Å². The van der Waals surface area contributed by atoms with Crippen LogP contribution >= 0.6 is 0 Å². The maximum absolute atomic E-state index is 13.2. The van der Waals surface area contributed by atoms with E-state index in [9.17, 15) is 13.2 Å². The van der Waals surface area contributed by atoms with E-state index < -0.39 is 10.1 Å². The average Bonchev–Trinajstić information content (AvgIpc) is 2.73. The molecule has 0 aromatic heterocycles. The maximum Gasteiger partial charge on any atom is 0.339 e. The summed E-state index contributed by atoms with van der Waals surface area (Å²) in [7, 11) is -3.93. The molecule has 6 rings (SSSR count). The van der Waals surface area contributed by atoms with Crippen molar-refractivity contribution >= 4 is 21.7 Å². The second-order valence-electron chi connectivity index (χ2n) is 11.5. The number of carbonyl (C=O) groups excluding carboxylic acids is 1. The van der Waals surface area contributed by atoms with E-state index in [1.165, 1.54) is 19.3 Å². The molecule has 4 aliphatic carbocycles. The van der Waals surface area contributed by atoms with Gasteiger partial charge in [0.15, 0.2) is 0 Å². The van der Waals surface area contributed by atoms with Gasteiger partial charge in [0.25, 0.3) is 0 Å². The first-order valence-electron chi connectivity index (χ1n) is 12.0. The molecule has 4 fully saturated rings. The highest BCUT2D eigenvalue weighted by molar-refractivity contribution is 7.87. The molecule has 1 amide bonds. The Morgan fingerprint density at radius 1 is 0.879 bits per heavy atom. The third kappa shape index (κ3) is 4.42. The summed E-state index contributed by atoms with van der Waals surface area (Å²) < 4.78 is 30.7. The molecule has 176 valence electrons. The first-order valence-corrected chi connectivity index (χ1v) is 13.4. The monoisotopic (exact) mass is 467 g/mol. The highest BCUT2D eigenvalue weighted by Crippen LogP contribution is 2.60. The summed E-state index contributed by atoms with van der Waals surface area (Å²) in [6, 6.07) is 13.4. The molecular formula is C27H33NO4S. The lowest BCUT2D eigenvalue weighted by atomic mass is 9.49. The van der Waals surface area contributed by atoms with Crippen molar-refractivity contribution in [2.45, 2.75) is 69.6 Å². The minimum absolute atomic E-state index is 0.0560. The van der Waals surface area contributed by atoms with Gasteiger partial charge in [-0.2, -0.15) is 8.42 Å². The minimum Gasteiger partial charge on any atom is -0.379 e. The number of carbonyl (C=O) groups is 1. The number of benzene rings is 2. The van der Waals surface area contributed by atoms with Crippen molar-refractivity contribution in [2.24, 2.45) is 23.2 Å². The van der Waals surface area contributed by atoms with Gasteiger partial charge >= 0.3 is 10.1 Å². The minimum atomic E-state index is -3.93. The van der Waals surface area contributed by atoms with Gasteiger partial charge in [0.2, 0.25) is 5.91 Å². The molecule has 0 atom stereocenters. The normalized spacial score (nSPS) is 28.5. The Morgan fingerprint density at radius 2 is 1.39 bits per heavy atom. The van der Waals surface area contributed by atoms with E-state index in [1.807, 2.05) is 12.1 Å². The molecule has 4 bridgehead atoms. The topological polar surface area (TPSA) is 72.5 Å². The van der Waals surface area contributed by atoms with Crippen molar-refractivity contribution in [2.75, 3.05) is 5.32 Å². The number of anilines is 1. The predicted molar refractivity (Wildman–Crippen MR) is 129 cm³/mol. The number of nitrogens with one attached hydrogen (secondary N) is 1. The first-order chi connectivity index (χ1) is 15.5. The number of hydrogen-bond donors (Lipinski definition) is 1. The maximum atomic E-state index is 13.2. The molecule has 0 unspecified atom stereocenters. The third-order valence-corrected chi connectivity index (χ3v) is 9.11. The smallest absolute Gasteiger partial charge is 0.339 e. The molecule has 33 heavy (non-hydrogen) atoms. The van der Waals surface area contributed by atoms with Crippen molar-refractivity contribution in [1.29, 1.82) is 0 Å². The van der Waals surface area contributed by atoms with Gasteiger partial charge < -0.3 is 9.50 Å². The Bertz CT molecular complexity index is 1110. The Morgan fingerprint density at radius 3 is 1.88 bits per heavy atom. The molecule has 6 heteroatoms. The fourth-order valence-electron chi connectivity index (χ4n) is 6.54. The second-order valence-corrected chi connectivity index (χ2v) is 13.0. The van der Waals surface area contributed by atoms with Crippen LogP contribution in [0.25, 0.3) is 0 Å². The van der Waals surface area contributed by atoms with Gasteiger partial charge in [0.05, 0.1) is 5.41 Å². The fourth-order valence-corrected chi connectivity index (χ4v) is 7.47. The van der Waals surface area contributed by atoms with Crippen LogP contribution in [-0.2, 0) is 20.3 Å². The molecule has 2 aromatic rings. The Labute approximate surface area is 197 Å². The van der Waals surface area contributed by atoms with Gasteiger partial charge in [-0.1, -0.05) is 32.9 Å². The van der Waals surface area contributed by atoms with Gasteiger partial charge in [0, 0.05) is 5.69 Å². The molecule has 2 aromatic carbocycles.